The highest BCUT2D eigenvalue weighted by molar-refractivity contribution is 7.92. The van der Waals surface area contributed by atoms with Crippen LogP contribution in [0.2, 0.25) is 0 Å². The zero-order valence-electron chi connectivity index (χ0n) is 16.1. The zero-order chi connectivity index (χ0) is 21.6. The van der Waals surface area contributed by atoms with Crippen molar-refractivity contribution in [2.24, 2.45) is 5.10 Å². The second-order valence-corrected chi connectivity index (χ2v) is 8.21. The van der Waals surface area contributed by atoms with Crippen LogP contribution in [0.1, 0.15) is 11.3 Å². The van der Waals surface area contributed by atoms with Crippen LogP contribution in [0.25, 0.3) is 0 Å². The third-order valence-corrected chi connectivity index (χ3v) is 5.87. The van der Waals surface area contributed by atoms with Gasteiger partial charge in [0.05, 0.1) is 22.5 Å². The van der Waals surface area contributed by atoms with Crippen molar-refractivity contribution in [2.75, 3.05) is 10.8 Å². The lowest BCUT2D eigenvalue weighted by molar-refractivity contribution is -0.119. The van der Waals surface area contributed by atoms with Gasteiger partial charge in [-0.05, 0) is 55.5 Å². The molecule has 0 atom stereocenters. The highest BCUT2D eigenvalue weighted by Gasteiger charge is 2.27. The molecule has 1 amide bonds. The van der Waals surface area contributed by atoms with E-state index in [1.54, 1.807) is 48.7 Å². The lowest BCUT2D eigenvalue weighted by atomic mass is 10.2. The van der Waals surface area contributed by atoms with Gasteiger partial charge in [-0.2, -0.15) is 5.10 Å². The number of carbonyl (C=O) groups excluding carboxylic acids is 1. The van der Waals surface area contributed by atoms with Gasteiger partial charge in [-0.1, -0.05) is 23.8 Å². The quantitative estimate of drug-likeness (QED) is 0.465. The van der Waals surface area contributed by atoms with Crippen molar-refractivity contribution in [1.29, 1.82) is 0 Å². The molecule has 0 unspecified atom stereocenters. The van der Waals surface area contributed by atoms with Crippen molar-refractivity contribution in [3.63, 3.8) is 0 Å². The molecule has 2 aromatic carbocycles. The van der Waals surface area contributed by atoms with Crippen molar-refractivity contribution >= 4 is 27.8 Å². The minimum absolute atomic E-state index is 0.130. The average molecular weight is 426 g/mol. The van der Waals surface area contributed by atoms with E-state index in [9.17, 15) is 17.6 Å². The Kier molecular flexibility index (Phi) is 6.53. The molecule has 3 rings (SSSR count). The van der Waals surface area contributed by atoms with E-state index in [0.717, 1.165) is 34.1 Å². The van der Waals surface area contributed by atoms with E-state index in [1.807, 2.05) is 6.92 Å². The first-order valence-corrected chi connectivity index (χ1v) is 10.4. The number of nitrogens with one attached hydrogen (secondary N) is 1. The highest BCUT2D eigenvalue weighted by atomic mass is 32.2. The minimum Gasteiger partial charge on any atom is -0.271 e. The molecule has 1 heterocycles. The summed E-state index contributed by atoms with van der Waals surface area (Å²) in [5.41, 5.74) is 4.07. The fourth-order valence-electron chi connectivity index (χ4n) is 2.55. The van der Waals surface area contributed by atoms with E-state index < -0.39 is 28.3 Å². The van der Waals surface area contributed by atoms with Gasteiger partial charge in [-0.25, -0.2) is 18.2 Å². The summed E-state index contributed by atoms with van der Waals surface area (Å²) >= 11 is 0. The second kappa shape index (κ2) is 9.27. The minimum atomic E-state index is -4.11. The third-order valence-electron chi connectivity index (χ3n) is 4.08. The molecule has 3 aromatic rings. The predicted octanol–water partition coefficient (Wildman–Crippen LogP) is 2.87. The van der Waals surface area contributed by atoms with Gasteiger partial charge >= 0.3 is 0 Å². The number of benzene rings is 2. The molecule has 0 spiro atoms. The van der Waals surface area contributed by atoms with Crippen LogP contribution in [0.4, 0.5) is 10.1 Å². The maximum Gasteiger partial charge on any atom is 0.264 e. The Morgan fingerprint density at radius 3 is 2.43 bits per heavy atom. The fourth-order valence-corrected chi connectivity index (χ4v) is 3.97. The van der Waals surface area contributed by atoms with Gasteiger partial charge in [0.25, 0.3) is 15.9 Å². The molecule has 7 nitrogen and oxygen atoms in total. The number of halogens is 1. The number of aryl methyl sites for hydroxylation is 1. The molecule has 0 aliphatic heterocycles. The smallest absolute Gasteiger partial charge is 0.264 e. The summed E-state index contributed by atoms with van der Waals surface area (Å²) in [6.45, 7) is 1.35. The van der Waals surface area contributed by atoms with Crippen LogP contribution in [-0.4, -0.2) is 32.1 Å². The molecule has 0 fully saturated rings. The molecule has 1 N–H and O–H groups in total. The topological polar surface area (TPSA) is 91.7 Å². The van der Waals surface area contributed by atoms with Gasteiger partial charge < -0.3 is 0 Å². The Balaban J connectivity index is 1.84. The fraction of sp³-hybridized carbons (Fsp3) is 0.0952. The number of sulfonamides is 1. The Hall–Kier alpha value is -3.59. The summed E-state index contributed by atoms with van der Waals surface area (Å²) in [4.78, 5) is 16.3. The predicted molar refractivity (Wildman–Crippen MR) is 112 cm³/mol. The van der Waals surface area contributed by atoms with Crippen LogP contribution in [0.3, 0.4) is 0 Å². The lowest BCUT2D eigenvalue weighted by Crippen LogP contribution is -2.39. The van der Waals surface area contributed by atoms with Crippen molar-refractivity contribution in [3.8, 4) is 0 Å². The van der Waals surface area contributed by atoms with Gasteiger partial charge in [0.1, 0.15) is 12.4 Å². The molecule has 30 heavy (non-hydrogen) atoms. The Labute approximate surface area is 173 Å². The molecule has 0 bridgehead atoms. The summed E-state index contributed by atoms with van der Waals surface area (Å²) < 4.78 is 40.5. The van der Waals surface area contributed by atoms with E-state index >= 15 is 0 Å². The maximum absolute atomic E-state index is 13.2. The number of hydrogen-bond acceptors (Lipinski definition) is 5. The number of carbonyl (C=O) groups is 1. The second-order valence-electron chi connectivity index (χ2n) is 6.35. The number of nitrogens with zero attached hydrogens (tertiary/aromatic N) is 3. The summed E-state index contributed by atoms with van der Waals surface area (Å²) in [5, 5.41) is 3.81. The van der Waals surface area contributed by atoms with Crippen molar-refractivity contribution in [3.05, 3.63) is 90.0 Å². The SMILES string of the molecule is Cc1ccc(N(CC(=O)N/N=C\c2ccccn2)S(=O)(=O)c2ccc(F)cc2)cc1. The molecule has 9 heteroatoms. The summed E-state index contributed by atoms with van der Waals surface area (Å²) in [7, 11) is -4.11. The summed E-state index contributed by atoms with van der Waals surface area (Å²) in [6, 6.07) is 16.3. The monoisotopic (exact) mass is 426 g/mol. The van der Waals surface area contributed by atoms with Gasteiger partial charge in [0, 0.05) is 6.20 Å². The average Bonchev–Trinajstić information content (AvgIpc) is 2.74. The standard InChI is InChI=1S/C21H19FN4O3S/c1-16-5-9-19(10-6-16)26(30(28,29)20-11-7-17(22)8-12-20)15-21(27)25-24-14-18-4-2-3-13-23-18/h2-14H,15H2,1H3,(H,25,27)/b24-14-. The maximum atomic E-state index is 13.2. The number of aromatic nitrogens is 1. The van der Waals surface area contributed by atoms with Gasteiger partial charge in [0.15, 0.2) is 0 Å². The first-order chi connectivity index (χ1) is 14.4. The van der Waals surface area contributed by atoms with Crippen LogP contribution in [0.15, 0.2) is 82.9 Å². The van der Waals surface area contributed by atoms with E-state index in [4.69, 9.17) is 0 Å². The highest BCUT2D eigenvalue weighted by Crippen LogP contribution is 2.24. The number of anilines is 1. The first-order valence-electron chi connectivity index (χ1n) is 8.94. The van der Waals surface area contributed by atoms with Gasteiger partial charge in [0.2, 0.25) is 0 Å². The first kappa shape index (κ1) is 21.1. The third kappa shape index (κ3) is 5.26. The van der Waals surface area contributed by atoms with E-state index in [0.29, 0.717) is 11.4 Å². The molecular formula is C21H19FN4O3S. The van der Waals surface area contributed by atoms with Gasteiger partial charge in [-0.15, -0.1) is 0 Å². The van der Waals surface area contributed by atoms with Crippen molar-refractivity contribution in [2.45, 2.75) is 11.8 Å². The van der Waals surface area contributed by atoms with Crippen molar-refractivity contribution < 1.29 is 17.6 Å². The molecule has 0 saturated heterocycles. The normalized spacial score (nSPS) is 11.4. The van der Waals surface area contributed by atoms with Crippen LogP contribution < -0.4 is 9.73 Å². The van der Waals surface area contributed by atoms with Gasteiger partial charge in [-0.3, -0.25) is 14.1 Å². The molecule has 0 aliphatic carbocycles. The summed E-state index contributed by atoms with van der Waals surface area (Å²) in [6.07, 6.45) is 2.93. The number of hydrazone groups is 1. The number of hydrogen-bond donors (Lipinski definition) is 1. The molecule has 154 valence electrons. The molecule has 1 aromatic heterocycles. The molecule has 0 radical (unpaired) electrons. The van der Waals surface area contributed by atoms with Crippen LogP contribution in [0, 0.1) is 12.7 Å². The van der Waals surface area contributed by atoms with E-state index in [2.05, 4.69) is 15.5 Å². The Morgan fingerprint density at radius 2 is 1.80 bits per heavy atom. The van der Waals surface area contributed by atoms with E-state index in [1.165, 1.54) is 6.21 Å². The number of rotatable bonds is 7. The summed E-state index contributed by atoms with van der Waals surface area (Å²) in [5.74, 6) is -1.20. The van der Waals surface area contributed by atoms with Crippen LogP contribution in [-0.2, 0) is 14.8 Å². The number of pyridine rings is 1. The Bertz CT molecular complexity index is 1130. The van der Waals surface area contributed by atoms with Crippen molar-refractivity contribution in [1.82, 2.24) is 10.4 Å². The lowest BCUT2D eigenvalue weighted by Gasteiger charge is -2.23. The molecule has 0 saturated carbocycles. The largest absolute Gasteiger partial charge is 0.271 e. The molecular weight excluding hydrogens is 407 g/mol. The number of amides is 1. The zero-order valence-corrected chi connectivity index (χ0v) is 16.9. The van der Waals surface area contributed by atoms with E-state index in [-0.39, 0.29) is 4.90 Å². The Morgan fingerprint density at radius 1 is 1.10 bits per heavy atom. The molecule has 0 aliphatic rings. The van der Waals surface area contributed by atoms with Crippen LogP contribution in [0.5, 0.6) is 0 Å². The van der Waals surface area contributed by atoms with Crippen LogP contribution >= 0.6 is 0 Å².